The Bertz CT molecular complexity index is 494. The van der Waals surface area contributed by atoms with Gasteiger partial charge in [-0.1, -0.05) is 12.1 Å². The number of hydrogen-bond donors (Lipinski definition) is 2. The third-order valence-corrected chi connectivity index (χ3v) is 2.43. The zero-order chi connectivity index (χ0) is 12.5. The predicted octanol–water partition coefficient (Wildman–Crippen LogP) is 1.90. The van der Waals surface area contributed by atoms with Crippen molar-refractivity contribution < 1.29 is 5.11 Å². The molecule has 90 valence electrons. The maximum atomic E-state index is 9.71. The van der Waals surface area contributed by atoms with Crippen molar-refractivity contribution >= 4 is 5.69 Å². The molecule has 0 unspecified atom stereocenters. The minimum atomic E-state index is -0.760. The van der Waals surface area contributed by atoms with E-state index >= 15 is 0 Å². The smallest absolute Gasteiger partial charge is 0.0786 e. The minimum absolute atomic E-state index is 0.474. The summed E-state index contributed by atoms with van der Waals surface area (Å²) < 4.78 is 1.74. The van der Waals surface area contributed by atoms with Crippen molar-refractivity contribution in [3.05, 3.63) is 36.7 Å². The Balaban J connectivity index is 2.21. The van der Waals surface area contributed by atoms with E-state index < -0.39 is 5.60 Å². The Labute approximate surface area is 101 Å². The second-order valence-corrected chi connectivity index (χ2v) is 4.86. The van der Waals surface area contributed by atoms with E-state index in [-0.39, 0.29) is 0 Å². The summed E-state index contributed by atoms with van der Waals surface area (Å²) in [5, 5.41) is 13.9. The highest BCUT2D eigenvalue weighted by Gasteiger charge is 2.14. The first-order chi connectivity index (χ1) is 7.94. The van der Waals surface area contributed by atoms with Gasteiger partial charge in [0.15, 0.2) is 0 Å². The number of aliphatic hydroxyl groups is 1. The van der Waals surface area contributed by atoms with Gasteiger partial charge in [0, 0.05) is 17.4 Å². The van der Waals surface area contributed by atoms with Gasteiger partial charge in [-0.15, -0.1) is 0 Å². The van der Waals surface area contributed by atoms with Crippen molar-refractivity contribution in [3.8, 4) is 11.1 Å². The molecular formula is C13H17N3O. The average Bonchev–Trinajstić information content (AvgIpc) is 2.64. The third kappa shape index (κ3) is 3.07. The number of hydrogen-bond acceptors (Lipinski definition) is 3. The molecular weight excluding hydrogens is 214 g/mol. The largest absolute Gasteiger partial charge is 0.399 e. The standard InChI is InChI=1S/C13H17N3O/c1-13(2,17)9-16-8-11(7-15-16)10-3-5-12(14)6-4-10/h3-8,17H,9,14H2,1-2H3. The number of nitrogens with two attached hydrogens (primary N) is 1. The van der Waals surface area contributed by atoms with Crippen molar-refractivity contribution in [2.75, 3.05) is 5.73 Å². The molecule has 0 bridgehead atoms. The second-order valence-electron chi connectivity index (χ2n) is 4.86. The van der Waals surface area contributed by atoms with Gasteiger partial charge in [-0.2, -0.15) is 5.10 Å². The van der Waals surface area contributed by atoms with Crippen LogP contribution in [0, 0.1) is 0 Å². The van der Waals surface area contributed by atoms with Crippen LogP contribution in [0.4, 0.5) is 5.69 Å². The summed E-state index contributed by atoms with van der Waals surface area (Å²) in [5.41, 5.74) is 7.72. The maximum Gasteiger partial charge on any atom is 0.0786 e. The van der Waals surface area contributed by atoms with Gasteiger partial charge in [-0.05, 0) is 31.5 Å². The molecule has 1 heterocycles. The van der Waals surface area contributed by atoms with Crippen LogP contribution in [0.2, 0.25) is 0 Å². The first-order valence-electron chi connectivity index (χ1n) is 5.55. The summed E-state index contributed by atoms with van der Waals surface area (Å²) in [6.45, 7) is 4.00. The van der Waals surface area contributed by atoms with E-state index in [1.807, 2.05) is 30.5 Å². The normalized spacial score (nSPS) is 11.7. The zero-order valence-corrected chi connectivity index (χ0v) is 10.1. The van der Waals surface area contributed by atoms with E-state index in [9.17, 15) is 5.11 Å². The zero-order valence-electron chi connectivity index (χ0n) is 10.1. The van der Waals surface area contributed by atoms with Gasteiger partial charge in [0.25, 0.3) is 0 Å². The summed E-state index contributed by atoms with van der Waals surface area (Å²) in [4.78, 5) is 0. The highest BCUT2D eigenvalue weighted by Crippen LogP contribution is 2.20. The van der Waals surface area contributed by atoms with Gasteiger partial charge in [0.1, 0.15) is 0 Å². The van der Waals surface area contributed by atoms with Crippen molar-refractivity contribution in [1.29, 1.82) is 0 Å². The first-order valence-corrected chi connectivity index (χ1v) is 5.55. The van der Waals surface area contributed by atoms with Crippen LogP contribution in [0.25, 0.3) is 11.1 Å². The number of rotatable bonds is 3. The number of nitrogen functional groups attached to an aromatic ring is 1. The molecule has 0 spiro atoms. The summed E-state index contributed by atoms with van der Waals surface area (Å²) in [5.74, 6) is 0. The Morgan fingerprint density at radius 2 is 1.88 bits per heavy atom. The van der Waals surface area contributed by atoms with E-state index in [1.54, 1.807) is 24.7 Å². The molecule has 2 aromatic rings. The quantitative estimate of drug-likeness (QED) is 0.793. The van der Waals surface area contributed by atoms with Crippen molar-refractivity contribution in [1.82, 2.24) is 9.78 Å². The summed E-state index contributed by atoms with van der Waals surface area (Å²) in [7, 11) is 0. The first kappa shape index (κ1) is 11.7. The van der Waals surface area contributed by atoms with Gasteiger partial charge < -0.3 is 10.8 Å². The maximum absolute atomic E-state index is 9.71. The molecule has 1 aromatic carbocycles. The SMILES string of the molecule is CC(C)(O)Cn1cc(-c2ccc(N)cc2)cn1. The highest BCUT2D eigenvalue weighted by atomic mass is 16.3. The fourth-order valence-electron chi connectivity index (χ4n) is 1.67. The minimum Gasteiger partial charge on any atom is -0.399 e. The van der Waals surface area contributed by atoms with E-state index in [4.69, 9.17) is 5.73 Å². The monoisotopic (exact) mass is 231 g/mol. The topological polar surface area (TPSA) is 64.1 Å². The molecule has 17 heavy (non-hydrogen) atoms. The van der Waals surface area contributed by atoms with Crippen LogP contribution in [0.15, 0.2) is 36.7 Å². The van der Waals surface area contributed by atoms with Gasteiger partial charge in [0.05, 0.1) is 18.3 Å². The van der Waals surface area contributed by atoms with Crippen molar-refractivity contribution in [3.63, 3.8) is 0 Å². The molecule has 2 rings (SSSR count). The third-order valence-electron chi connectivity index (χ3n) is 2.43. The lowest BCUT2D eigenvalue weighted by Crippen LogP contribution is -2.26. The number of anilines is 1. The summed E-state index contributed by atoms with van der Waals surface area (Å²) >= 11 is 0. The molecule has 0 aliphatic rings. The molecule has 3 N–H and O–H groups in total. The molecule has 0 amide bonds. The molecule has 0 aliphatic carbocycles. The summed E-state index contributed by atoms with van der Waals surface area (Å²) in [6.07, 6.45) is 3.71. The van der Waals surface area contributed by atoms with Crippen LogP contribution in [0.5, 0.6) is 0 Å². The second kappa shape index (κ2) is 4.22. The Morgan fingerprint density at radius 1 is 1.24 bits per heavy atom. The van der Waals surface area contributed by atoms with Crippen LogP contribution >= 0.6 is 0 Å². The molecule has 1 aromatic heterocycles. The van der Waals surface area contributed by atoms with Gasteiger partial charge in [0.2, 0.25) is 0 Å². The van der Waals surface area contributed by atoms with E-state index in [0.717, 1.165) is 16.8 Å². The van der Waals surface area contributed by atoms with E-state index in [0.29, 0.717) is 6.54 Å². The van der Waals surface area contributed by atoms with Crippen molar-refractivity contribution in [2.24, 2.45) is 0 Å². The molecule has 0 fully saturated rings. The molecule has 0 aliphatic heterocycles. The number of benzene rings is 1. The van der Waals surface area contributed by atoms with Gasteiger partial charge >= 0.3 is 0 Å². The van der Waals surface area contributed by atoms with Crippen LogP contribution in [-0.2, 0) is 6.54 Å². The van der Waals surface area contributed by atoms with Crippen LogP contribution in [-0.4, -0.2) is 20.5 Å². The van der Waals surface area contributed by atoms with Crippen molar-refractivity contribution in [2.45, 2.75) is 26.0 Å². The molecule has 0 radical (unpaired) electrons. The molecule has 4 heteroatoms. The van der Waals surface area contributed by atoms with Crippen LogP contribution < -0.4 is 5.73 Å². The van der Waals surface area contributed by atoms with Gasteiger partial charge in [-0.3, -0.25) is 4.68 Å². The Hall–Kier alpha value is -1.81. The number of nitrogens with zero attached hydrogens (tertiary/aromatic N) is 2. The van der Waals surface area contributed by atoms with E-state index in [1.165, 1.54) is 0 Å². The van der Waals surface area contributed by atoms with Crippen LogP contribution in [0.3, 0.4) is 0 Å². The molecule has 0 saturated carbocycles. The molecule has 0 atom stereocenters. The number of aromatic nitrogens is 2. The van der Waals surface area contributed by atoms with Gasteiger partial charge in [-0.25, -0.2) is 0 Å². The summed E-state index contributed by atoms with van der Waals surface area (Å²) in [6, 6.07) is 7.65. The lowest BCUT2D eigenvalue weighted by molar-refractivity contribution is 0.0577. The average molecular weight is 231 g/mol. The van der Waals surface area contributed by atoms with E-state index in [2.05, 4.69) is 5.10 Å². The fraction of sp³-hybridized carbons (Fsp3) is 0.308. The fourth-order valence-corrected chi connectivity index (χ4v) is 1.67. The molecule has 0 saturated heterocycles. The molecule has 4 nitrogen and oxygen atoms in total. The highest BCUT2D eigenvalue weighted by molar-refractivity contribution is 5.63. The Kier molecular flexibility index (Phi) is 2.90. The predicted molar refractivity (Wildman–Crippen MR) is 68.4 cm³/mol. The van der Waals surface area contributed by atoms with Crippen LogP contribution in [0.1, 0.15) is 13.8 Å². The Morgan fingerprint density at radius 3 is 2.47 bits per heavy atom. The lowest BCUT2D eigenvalue weighted by atomic mass is 10.1. The lowest BCUT2D eigenvalue weighted by Gasteiger charge is -2.16.